The molecule has 2 aromatic heterocycles. The van der Waals surface area contributed by atoms with Crippen LogP contribution in [0.5, 0.6) is 5.75 Å². The zero-order chi connectivity index (χ0) is 22.8. The van der Waals surface area contributed by atoms with Crippen LogP contribution in [0.25, 0.3) is 16.3 Å². The molecule has 166 valence electrons. The Morgan fingerprint density at radius 1 is 1.18 bits per heavy atom. The maximum Gasteiger partial charge on any atom is 0.264 e. The molecule has 0 unspecified atom stereocenters. The molecular formula is C24H19N3O3S3. The number of furan rings is 1. The largest absolute Gasteiger partial charge is 0.494 e. The van der Waals surface area contributed by atoms with E-state index in [9.17, 15) is 4.79 Å². The molecule has 2 aromatic carbocycles. The zero-order valence-corrected chi connectivity index (χ0v) is 20.3. The van der Waals surface area contributed by atoms with Crippen molar-refractivity contribution in [1.29, 1.82) is 0 Å². The Morgan fingerprint density at radius 3 is 2.85 bits per heavy atom. The molecule has 1 aliphatic heterocycles. The van der Waals surface area contributed by atoms with E-state index in [1.54, 1.807) is 17.4 Å². The number of amides is 1. The summed E-state index contributed by atoms with van der Waals surface area (Å²) < 4.78 is 13.4. The molecule has 1 saturated heterocycles. The molecule has 0 atom stereocenters. The SMILES string of the molecule is CCOc1ccc2nc(Sc3ccc(/C=C4\SC(=Nc5ccc(C)cc5)NC4=O)o3)sc2c1. The number of thioether (sulfide) groups is 1. The maximum atomic E-state index is 12.4. The van der Waals surface area contributed by atoms with Crippen LogP contribution >= 0.6 is 34.9 Å². The Morgan fingerprint density at radius 2 is 2.03 bits per heavy atom. The first-order chi connectivity index (χ1) is 16.1. The number of aliphatic imine (C=N–C) groups is 1. The van der Waals surface area contributed by atoms with Crippen molar-refractivity contribution < 1.29 is 13.9 Å². The van der Waals surface area contributed by atoms with Gasteiger partial charge in [0.25, 0.3) is 5.91 Å². The van der Waals surface area contributed by atoms with Crippen LogP contribution in [0.4, 0.5) is 5.69 Å². The van der Waals surface area contributed by atoms with Gasteiger partial charge in [-0.05, 0) is 79.8 Å². The lowest BCUT2D eigenvalue weighted by Gasteiger charge is -2.00. The molecule has 1 fully saturated rings. The van der Waals surface area contributed by atoms with Crippen molar-refractivity contribution in [3.8, 4) is 5.75 Å². The average Bonchev–Trinajstić information content (AvgIpc) is 3.49. The highest BCUT2D eigenvalue weighted by atomic mass is 32.2. The number of hydrogen-bond donors (Lipinski definition) is 1. The lowest BCUT2D eigenvalue weighted by molar-refractivity contribution is -0.115. The van der Waals surface area contributed by atoms with Crippen molar-refractivity contribution >= 4 is 67.9 Å². The smallest absolute Gasteiger partial charge is 0.264 e. The summed E-state index contributed by atoms with van der Waals surface area (Å²) in [5, 5.41) is 4.07. The molecule has 6 nitrogen and oxygen atoms in total. The summed E-state index contributed by atoms with van der Waals surface area (Å²) >= 11 is 4.34. The fraction of sp³-hybridized carbons (Fsp3) is 0.125. The fourth-order valence-electron chi connectivity index (χ4n) is 3.08. The number of carbonyl (C=O) groups is 1. The number of hydrogen-bond acceptors (Lipinski definition) is 8. The van der Waals surface area contributed by atoms with Gasteiger partial charge in [-0.25, -0.2) is 9.98 Å². The third-order valence-corrected chi connectivity index (χ3v) is 7.54. The number of ether oxygens (including phenoxy) is 1. The fourth-order valence-corrected chi connectivity index (χ4v) is 5.90. The van der Waals surface area contributed by atoms with Crippen molar-refractivity contribution in [2.75, 3.05) is 6.61 Å². The van der Waals surface area contributed by atoms with Gasteiger partial charge in [0, 0.05) is 6.08 Å². The average molecular weight is 494 g/mol. The van der Waals surface area contributed by atoms with E-state index in [0.29, 0.717) is 27.5 Å². The van der Waals surface area contributed by atoms with E-state index in [1.165, 1.54) is 23.5 Å². The number of benzene rings is 2. The van der Waals surface area contributed by atoms with Gasteiger partial charge in [-0.15, -0.1) is 11.3 Å². The van der Waals surface area contributed by atoms with Crippen LogP contribution in [-0.4, -0.2) is 22.7 Å². The van der Waals surface area contributed by atoms with Crippen LogP contribution in [0, 0.1) is 6.92 Å². The van der Waals surface area contributed by atoms with Gasteiger partial charge in [0.2, 0.25) is 0 Å². The molecule has 33 heavy (non-hydrogen) atoms. The van der Waals surface area contributed by atoms with Crippen molar-refractivity contribution in [2.24, 2.45) is 4.99 Å². The van der Waals surface area contributed by atoms with Gasteiger partial charge in [-0.3, -0.25) is 4.79 Å². The van der Waals surface area contributed by atoms with Crippen molar-refractivity contribution in [3.05, 3.63) is 70.8 Å². The highest BCUT2D eigenvalue weighted by Gasteiger charge is 2.24. The monoisotopic (exact) mass is 493 g/mol. The van der Waals surface area contributed by atoms with Crippen molar-refractivity contribution in [1.82, 2.24) is 10.3 Å². The van der Waals surface area contributed by atoms with Crippen LogP contribution < -0.4 is 10.1 Å². The first-order valence-electron chi connectivity index (χ1n) is 10.2. The highest BCUT2D eigenvalue weighted by molar-refractivity contribution is 8.18. The lowest BCUT2D eigenvalue weighted by atomic mass is 10.2. The van der Waals surface area contributed by atoms with Crippen LogP contribution in [0.2, 0.25) is 0 Å². The van der Waals surface area contributed by atoms with E-state index in [1.807, 2.05) is 68.4 Å². The standard InChI is InChI=1S/C24H19N3O3S3/c1-3-29-16-8-10-18-19(12-16)32-24(26-18)33-21-11-9-17(30-21)13-20-22(28)27-23(31-20)25-15-6-4-14(2)5-7-15/h4-13H,3H2,1-2H3,(H,25,27,28)/b20-13-. The second-order valence-electron chi connectivity index (χ2n) is 7.12. The number of aryl methyl sites for hydroxylation is 1. The molecular weight excluding hydrogens is 474 g/mol. The molecule has 0 bridgehead atoms. The number of amidine groups is 1. The summed E-state index contributed by atoms with van der Waals surface area (Å²) in [6.07, 6.45) is 1.73. The zero-order valence-electron chi connectivity index (χ0n) is 17.8. The van der Waals surface area contributed by atoms with Crippen molar-refractivity contribution in [2.45, 2.75) is 23.3 Å². The number of aromatic nitrogens is 1. The molecule has 0 radical (unpaired) electrons. The first-order valence-corrected chi connectivity index (χ1v) is 12.7. The third-order valence-electron chi connectivity index (χ3n) is 4.63. The predicted octanol–water partition coefficient (Wildman–Crippen LogP) is 6.64. The Labute approximate surface area is 203 Å². The van der Waals surface area contributed by atoms with E-state index in [0.717, 1.165) is 31.6 Å². The van der Waals surface area contributed by atoms with Gasteiger partial charge >= 0.3 is 0 Å². The van der Waals surface area contributed by atoms with Crippen molar-refractivity contribution in [3.63, 3.8) is 0 Å². The van der Waals surface area contributed by atoms with Crippen LogP contribution in [0.1, 0.15) is 18.2 Å². The Hall–Kier alpha value is -3.01. The number of thiazole rings is 1. The Balaban J connectivity index is 1.29. The number of nitrogens with zero attached hydrogens (tertiary/aromatic N) is 2. The van der Waals surface area contributed by atoms with E-state index in [2.05, 4.69) is 15.3 Å². The van der Waals surface area contributed by atoms with Gasteiger partial charge in [-0.1, -0.05) is 17.7 Å². The van der Waals surface area contributed by atoms with Gasteiger partial charge in [0.1, 0.15) is 11.5 Å². The lowest BCUT2D eigenvalue weighted by Crippen LogP contribution is -2.19. The second kappa shape index (κ2) is 9.46. The van der Waals surface area contributed by atoms with Gasteiger partial charge < -0.3 is 14.5 Å². The summed E-state index contributed by atoms with van der Waals surface area (Å²) in [5.41, 5.74) is 2.89. The topological polar surface area (TPSA) is 76.7 Å². The minimum Gasteiger partial charge on any atom is -0.494 e. The molecule has 1 aliphatic rings. The maximum absolute atomic E-state index is 12.4. The van der Waals surface area contributed by atoms with E-state index < -0.39 is 0 Å². The summed E-state index contributed by atoms with van der Waals surface area (Å²) in [6, 6.07) is 17.4. The summed E-state index contributed by atoms with van der Waals surface area (Å²) in [7, 11) is 0. The summed E-state index contributed by atoms with van der Waals surface area (Å²) in [6.45, 7) is 4.62. The third kappa shape index (κ3) is 5.16. The minimum atomic E-state index is -0.187. The molecule has 0 aliphatic carbocycles. The number of nitrogens with one attached hydrogen (secondary N) is 1. The van der Waals surface area contributed by atoms with Crippen LogP contribution in [0.3, 0.4) is 0 Å². The number of carbonyl (C=O) groups excluding carboxylic acids is 1. The second-order valence-corrected chi connectivity index (χ2v) is 10.4. The number of fused-ring (bicyclic) bond motifs is 1. The molecule has 1 amide bonds. The van der Waals surface area contributed by atoms with E-state index in [4.69, 9.17) is 9.15 Å². The highest BCUT2D eigenvalue weighted by Crippen LogP contribution is 2.37. The molecule has 4 aromatic rings. The van der Waals surface area contributed by atoms with Gasteiger partial charge in [0.15, 0.2) is 14.6 Å². The van der Waals surface area contributed by atoms with Gasteiger partial charge in [0.05, 0.1) is 27.4 Å². The quantitative estimate of drug-likeness (QED) is 0.304. The minimum absolute atomic E-state index is 0.187. The summed E-state index contributed by atoms with van der Waals surface area (Å²) in [4.78, 5) is 22.0. The Bertz CT molecular complexity index is 1390. The summed E-state index contributed by atoms with van der Waals surface area (Å²) in [5.74, 6) is 1.26. The molecule has 0 spiro atoms. The van der Waals surface area contributed by atoms with Crippen LogP contribution in [-0.2, 0) is 4.79 Å². The van der Waals surface area contributed by atoms with E-state index >= 15 is 0 Å². The van der Waals surface area contributed by atoms with Crippen LogP contribution in [0.15, 0.2) is 78.3 Å². The molecule has 3 heterocycles. The molecule has 1 N–H and O–H groups in total. The molecule has 9 heteroatoms. The first kappa shape index (κ1) is 21.8. The van der Waals surface area contributed by atoms with Gasteiger partial charge in [-0.2, -0.15) is 0 Å². The Kier molecular flexibility index (Phi) is 6.26. The molecule has 0 saturated carbocycles. The van der Waals surface area contributed by atoms with E-state index in [-0.39, 0.29) is 5.91 Å². The number of rotatable bonds is 6. The normalized spacial score (nSPS) is 16.1. The predicted molar refractivity (Wildman–Crippen MR) is 136 cm³/mol. The molecule has 5 rings (SSSR count).